The van der Waals surface area contributed by atoms with Gasteiger partial charge in [0.15, 0.2) is 0 Å². The number of hydrogen-bond acceptors (Lipinski definition) is 5. The standard InChI is InChI=1S/C19H18N2O4S3/c20-27(22,23)15-7-4-8-16(13-15)28(24,25)21-11-9-18-17(10-12-26-18)19(21)14-5-2-1-3-6-14/h1-8,10,12-13,19H,9,11H2,(H2,20,22,23). The molecule has 2 N–H and O–H groups in total. The zero-order chi connectivity index (χ0) is 19.9. The van der Waals surface area contributed by atoms with Crippen molar-refractivity contribution in [1.82, 2.24) is 4.31 Å². The highest BCUT2D eigenvalue weighted by molar-refractivity contribution is 7.90. The van der Waals surface area contributed by atoms with Crippen LogP contribution in [0.3, 0.4) is 0 Å². The van der Waals surface area contributed by atoms with Gasteiger partial charge >= 0.3 is 0 Å². The largest absolute Gasteiger partial charge is 0.243 e. The number of fused-ring (bicyclic) bond motifs is 1. The average molecular weight is 435 g/mol. The predicted molar refractivity (Wildman–Crippen MR) is 108 cm³/mol. The molecule has 4 rings (SSSR count). The summed E-state index contributed by atoms with van der Waals surface area (Å²) >= 11 is 1.62. The van der Waals surface area contributed by atoms with Crippen LogP contribution in [0.1, 0.15) is 22.0 Å². The summed E-state index contributed by atoms with van der Waals surface area (Å²) in [6.07, 6.45) is 0.616. The molecular weight excluding hydrogens is 416 g/mol. The fourth-order valence-corrected chi connectivity index (χ4v) is 6.66. The Kier molecular flexibility index (Phi) is 4.88. The Morgan fingerprint density at radius 3 is 2.36 bits per heavy atom. The number of nitrogens with two attached hydrogens (primary N) is 1. The highest BCUT2D eigenvalue weighted by atomic mass is 32.2. The van der Waals surface area contributed by atoms with Gasteiger partial charge in [0.25, 0.3) is 0 Å². The van der Waals surface area contributed by atoms with Crippen molar-refractivity contribution in [3.63, 3.8) is 0 Å². The van der Waals surface area contributed by atoms with Gasteiger partial charge < -0.3 is 0 Å². The summed E-state index contributed by atoms with van der Waals surface area (Å²) in [7, 11) is -7.95. The molecule has 146 valence electrons. The number of sulfonamides is 2. The molecule has 28 heavy (non-hydrogen) atoms. The third kappa shape index (κ3) is 3.40. The number of benzene rings is 2. The van der Waals surface area contributed by atoms with E-state index in [4.69, 9.17) is 5.14 Å². The number of primary sulfonamides is 1. The number of hydrogen-bond donors (Lipinski definition) is 1. The molecular formula is C19H18N2O4S3. The molecule has 1 aliphatic heterocycles. The molecule has 2 heterocycles. The Labute approximate surface area is 168 Å². The van der Waals surface area contributed by atoms with Gasteiger partial charge in [0.2, 0.25) is 20.0 Å². The summed E-state index contributed by atoms with van der Waals surface area (Å²) in [5.41, 5.74) is 1.83. The lowest BCUT2D eigenvalue weighted by Gasteiger charge is -2.35. The molecule has 0 fully saturated rings. The Morgan fingerprint density at radius 1 is 0.929 bits per heavy atom. The fourth-order valence-electron chi connectivity index (χ4n) is 3.48. The molecule has 0 aliphatic carbocycles. The van der Waals surface area contributed by atoms with Crippen molar-refractivity contribution >= 4 is 31.4 Å². The Balaban J connectivity index is 1.85. The van der Waals surface area contributed by atoms with Crippen LogP contribution in [0.2, 0.25) is 0 Å². The highest BCUT2D eigenvalue weighted by Gasteiger charge is 2.38. The molecule has 0 spiro atoms. The van der Waals surface area contributed by atoms with Crippen molar-refractivity contribution in [2.75, 3.05) is 6.54 Å². The second kappa shape index (κ2) is 7.09. The van der Waals surface area contributed by atoms with Crippen LogP contribution in [0, 0.1) is 0 Å². The van der Waals surface area contributed by atoms with Gasteiger partial charge in [-0.3, -0.25) is 0 Å². The van der Waals surface area contributed by atoms with Crippen LogP contribution in [0.4, 0.5) is 0 Å². The SMILES string of the molecule is NS(=O)(=O)c1cccc(S(=O)(=O)N2CCc3sccc3C2c2ccccc2)c1. The molecule has 1 unspecified atom stereocenters. The van der Waals surface area contributed by atoms with E-state index in [0.717, 1.165) is 17.2 Å². The topological polar surface area (TPSA) is 97.5 Å². The smallest absolute Gasteiger partial charge is 0.225 e. The summed E-state index contributed by atoms with van der Waals surface area (Å²) in [4.78, 5) is 0.857. The molecule has 2 aromatic carbocycles. The monoisotopic (exact) mass is 434 g/mol. The number of nitrogens with zero attached hydrogens (tertiary/aromatic N) is 1. The van der Waals surface area contributed by atoms with Crippen molar-refractivity contribution in [2.24, 2.45) is 5.14 Å². The van der Waals surface area contributed by atoms with E-state index in [-0.39, 0.29) is 9.79 Å². The first-order chi connectivity index (χ1) is 13.3. The minimum absolute atomic E-state index is 0.0846. The van der Waals surface area contributed by atoms with Gasteiger partial charge in [-0.1, -0.05) is 36.4 Å². The molecule has 1 atom stereocenters. The highest BCUT2D eigenvalue weighted by Crippen LogP contribution is 2.40. The van der Waals surface area contributed by atoms with Gasteiger partial charge in [0.1, 0.15) is 0 Å². The van der Waals surface area contributed by atoms with E-state index in [1.165, 1.54) is 27.4 Å². The number of rotatable bonds is 4. The summed E-state index contributed by atoms with van der Waals surface area (Å²) in [5, 5.41) is 7.15. The summed E-state index contributed by atoms with van der Waals surface area (Å²) in [6, 6.07) is 16.1. The second-order valence-electron chi connectivity index (χ2n) is 6.50. The Hall–Kier alpha value is -2.04. The van der Waals surface area contributed by atoms with Crippen LogP contribution in [0.15, 0.2) is 75.8 Å². The molecule has 6 nitrogen and oxygen atoms in total. The zero-order valence-electron chi connectivity index (χ0n) is 14.7. The van der Waals surface area contributed by atoms with Crippen LogP contribution in [-0.2, 0) is 26.5 Å². The normalized spacial score (nSPS) is 18.0. The van der Waals surface area contributed by atoms with Crippen LogP contribution >= 0.6 is 11.3 Å². The van der Waals surface area contributed by atoms with E-state index in [9.17, 15) is 16.8 Å². The minimum Gasteiger partial charge on any atom is -0.225 e. The van der Waals surface area contributed by atoms with E-state index >= 15 is 0 Å². The van der Waals surface area contributed by atoms with Gasteiger partial charge in [0.05, 0.1) is 15.8 Å². The summed E-state index contributed by atoms with van der Waals surface area (Å²) in [5.74, 6) is 0. The van der Waals surface area contributed by atoms with Crippen LogP contribution < -0.4 is 5.14 Å². The fraction of sp³-hybridized carbons (Fsp3) is 0.158. The lowest BCUT2D eigenvalue weighted by Crippen LogP contribution is -2.40. The zero-order valence-corrected chi connectivity index (χ0v) is 17.2. The van der Waals surface area contributed by atoms with E-state index in [2.05, 4.69) is 0 Å². The maximum absolute atomic E-state index is 13.5. The minimum atomic E-state index is -4.00. The van der Waals surface area contributed by atoms with Gasteiger partial charge in [-0.2, -0.15) is 4.31 Å². The van der Waals surface area contributed by atoms with Gasteiger partial charge in [-0.15, -0.1) is 11.3 Å². The lowest BCUT2D eigenvalue weighted by atomic mass is 9.95. The van der Waals surface area contributed by atoms with E-state index in [1.807, 2.05) is 41.8 Å². The summed E-state index contributed by atoms with van der Waals surface area (Å²) in [6.45, 7) is 0.314. The van der Waals surface area contributed by atoms with Crippen LogP contribution in [-0.4, -0.2) is 27.7 Å². The molecule has 1 aromatic heterocycles. The van der Waals surface area contributed by atoms with E-state index in [1.54, 1.807) is 11.3 Å². The Morgan fingerprint density at radius 2 is 1.64 bits per heavy atom. The van der Waals surface area contributed by atoms with Crippen molar-refractivity contribution < 1.29 is 16.8 Å². The van der Waals surface area contributed by atoms with Crippen LogP contribution in [0.25, 0.3) is 0 Å². The third-order valence-corrected chi connectivity index (χ3v) is 8.55. The lowest BCUT2D eigenvalue weighted by molar-refractivity contribution is 0.347. The molecule has 3 aromatic rings. The molecule has 1 aliphatic rings. The average Bonchev–Trinajstić information content (AvgIpc) is 3.16. The number of thiophene rings is 1. The second-order valence-corrected chi connectivity index (χ2v) is 11.0. The molecule has 0 saturated heterocycles. The molecule has 0 bridgehead atoms. The van der Waals surface area contributed by atoms with Crippen molar-refractivity contribution in [3.05, 3.63) is 82.0 Å². The first-order valence-corrected chi connectivity index (χ1v) is 12.4. The summed E-state index contributed by atoms with van der Waals surface area (Å²) < 4.78 is 51.7. The maximum atomic E-state index is 13.5. The van der Waals surface area contributed by atoms with Crippen LogP contribution in [0.5, 0.6) is 0 Å². The van der Waals surface area contributed by atoms with Crippen molar-refractivity contribution in [2.45, 2.75) is 22.3 Å². The van der Waals surface area contributed by atoms with Crippen molar-refractivity contribution in [1.29, 1.82) is 0 Å². The first-order valence-electron chi connectivity index (χ1n) is 8.54. The quantitative estimate of drug-likeness (QED) is 0.683. The first kappa shape index (κ1) is 19.3. The van der Waals surface area contributed by atoms with Gasteiger partial charge in [-0.25, -0.2) is 22.0 Å². The molecule has 0 amide bonds. The maximum Gasteiger partial charge on any atom is 0.243 e. The molecule has 0 radical (unpaired) electrons. The molecule has 0 saturated carbocycles. The van der Waals surface area contributed by atoms with E-state index < -0.39 is 26.1 Å². The third-order valence-electron chi connectivity index (χ3n) is 4.78. The Bertz CT molecular complexity index is 1220. The van der Waals surface area contributed by atoms with Crippen molar-refractivity contribution in [3.8, 4) is 0 Å². The van der Waals surface area contributed by atoms with Gasteiger partial charge in [-0.05, 0) is 47.2 Å². The molecule has 9 heteroatoms. The predicted octanol–water partition coefficient (Wildman–Crippen LogP) is 2.73. The van der Waals surface area contributed by atoms with E-state index in [0.29, 0.717) is 13.0 Å². The van der Waals surface area contributed by atoms with Gasteiger partial charge in [0, 0.05) is 11.4 Å².